The van der Waals surface area contributed by atoms with Crippen LogP contribution in [0.1, 0.15) is 30.1 Å². The minimum Gasteiger partial charge on any atom is -0.423 e. The number of amides is 1. The second kappa shape index (κ2) is 9.21. The quantitative estimate of drug-likeness (QED) is 0.415. The molecule has 2 aromatic heterocycles. The summed E-state index contributed by atoms with van der Waals surface area (Å²) in [4.78, 5) is 27.6. The van der Waals surface area contributed by atoms with Crippen molar-refractivity contribution in [2.45, 2.75) is 19.8 Å². The van der Waals surface area contributed by atoms with Gasteiger partial charge in [0.2, 0.25) is 0 Å². The molecule has 0 aliphatic carbocycles. The number of benzene rings is 2. The number of nitrogens with one attached hydrogen (secondary N) is 1. The molecule has 0 saturated carbocycles. The SMILES string of the molecule is C[C@@H]1CCCN(C(=O)c2cc(F)c(F)cc2-c2ncccn2)/C1=C/Nc1nc2cc(F)ccc2o1. The highest BCUT2D eigenvalue weighted by atomic mass is 19.2. The standard InChI is InChI=1S/C25H20F3N5O2/c1-14-4-2-9-33(21(14)13-31-25-32-20-10-15(26)5-6-22(20)35-25)24(34)17-12-19(28)18(27)11-16(17)23-29-7-3-8-30-23/h3,5-8,10-14H,2,4,9H2,1H3,(H,31,32)/b21-13+/t14-/m1/s1. The van der Waals surface area contributed by atoms with Crippen molar-refractivity contribution < 1.29 is 22.4 Å². The summed E-state index contributed by atoms with van der Waals surface area (Å²) >= 11 is 0. The van der Waals surface area contributed by atoms with Gasteiger partial charge in [-0.15, -0.1) is 0 Å². The van der Waals surface area contributed by atoms with Crippen molar-refractivity contribution in [3.8, 4) is 11.4 Å². The predicted molar refractivity (Wildman–Crippen MR) is 122 cm³/mol. The van der Waals surface area contributed by atoms with E-state index in [1.54, 1.807) is 12.3 Å². The van der Waals surface area contributed by atoms with Crippen molar-refractivity contribution in [3.05, 3.63) is 83.7 Å². The molecule has 1 atom stereocenters. The number of halogens is 3. The molecule has 4 aromatic rings. The first-order chi connectivity index (χ1) is 16.9. The van der Waals surface area contributed by atoms with Gasteiger partial charge < -0.3 is 14.6 Å². The number of likely N-dealkylation sites (tertiary alicyclic amines) is 1. The minimum absolute atomic E-state index is 0.0243. The number of rotatable bonds is 4. The van der Waals surface area contributed by atoms with Gasteiger partial charge in [-0.2, -0.15) is 4.98 Å². The maximum absolute atomic E-state index is 14.2. The number of allylic oxidation sites excluding steroid dienone is 1. The number of piperidine rings is 1. The van der Waals surface area contributed by atoms with Crippen LogP contribution in [0.4, 0.5) is 19.2 Å². The fraction of sp³-hybridized carbons (Fsp3) is 0.200. The molecule has 1 aliphatic rings. The number of hydrogen-bond donors (Lipinski definition) is 1. The zero-order chi connectivity index (χ0) is 24.5. The molecule has 0 radical (unpaired) electrons. The smallest absolute Gasteiger partial charge is 0.299 e. The van der Waals surface area contributed by atoms with Crippen LogP contribution >= 0.6 is 0 Å². The summed E-state index contributed by atoms with van der Waals surface area (Å²) in [5.74, 6) is -3.09. The Kier molecular flexibility index (Phi) is 5.94. The van der Waals surface area contributed by atoms with Crippen LogP contribution in [-0.2, 0) is 0 Å². The van der Waals surface area contributed by atoms with Crippen molar-refractivity contribution in [1.29, 1.82) is 0 Å². The first kappa shape index (κ1) is 22.6. The van der Waals surface area contributed by atoms with E-state index in [0.717, 1.165) is 25.0 Å². The van der Waals surface area contributed by atoms with Crippen LogP contribution in [0, 0.1) is 23.4 Å². The second-order valence-electron chi connectivity index (χ2n) is 8.23. The maximum Gasteiger partial charge on any atom is 0.299 e. The van der Waals surface area contributed by atoms with Gasteiger partial charge in [0, 0.05) is 42.5 Å². The second-order valence-corrected chi connectivity index (χ2v) is 8.23. The van der Waals surface area contributed by atoms with Crippen molar-refractivity contribution in [1.82, 2.24) is 19.9 Å². The maximum atomic E-state index is 14.2. The van der Waals surface area contributed by atoms with Crippen molar-refractivity contribution >= 4 is 23.0 Å². The Hall–Kier alpha value is -4.21. The molecule has 0 bridgehead atoms. The fourth-order valence-corrected chi connectivity index (χ4v) is 4.13. The summed E-state index contributed by atoms with van der Waals surface area (Å²) in [5, 5.41) is 2.94. The average molecular weight is 479 g/mol. The Labute approximate surface area is 198 Å². The Morgan fingerprint density at radius 1 is 1.14 bits per heavy atom. The molecular formula is C25H20F3N5O2. The van der Waals surface area contributed by atoms with E-state index in [1.165, 1.54) is 35.5 Å². The third-order valence-corrected chi connectivity index (χ3v) is 5.87. The number of carbonyl (C=O) groups is 1. The molecule has 10 heteroatoms. The van der Waals surface area contributed by atoms with E-state index in [1.807, 2.05) is 6.92 Å². The lowest BCUT2D eigenvalue weighted by atomic mass is 9.94. The number of carbonyl (C=O) groups excluding carboxylic acids is 1. The van der Waals surface area contributed by atoms with E-state index in [0.29, 0.717) is 23.3 Å². The topological polar surface area (TPSA) is 84.2 Å². The molecule has 1 fully saturated rings. The number of hydrogen-bond acceptors (Lipinski definition) is 6. The minimum atomic E-state index is -1.14. The number of anilines is 1. The normalized spacial score (nSPS) is 17.2. The molecule has 0 spiro atoms. The zero-order valence-electron chi connectivity index (χ0n) is 18.6. The van der Waals surface area contributed by atoms with E-state index in [4.69, 9.17) is 4.42 Å². The molecule has 5 rings (SSSR count). The summed E-state index contributed by atoms with van der Waals surface area (Å²) in [6.07, 6.45) is 6.07. The third kappa shape index (κ3) is 4.46. The summed E-state index contributed by atoms with van der Waals surface area (Å²) in [6, 6.07) is 7.54. The van der Waals surface area contributed by atoms with Crippen LogP contribution in [0.15, 0.2) is 65.1 Å². The van der Waals surface area contributed by atoms with Crippen LogP contribution in [0.5, 0.6) is 0 Å². The van der Waals surface area contributed by atoms with Crippen molar-refractivity contribution in [2.24, 2.45) is 5.92 Å². The number of fused-ring (bicyclic) bond motifs is 1. The number of nitrogens with zero attached hydrogens (tertiary/aromatic N) is 4. The first-order valence-electron chi connectivity index (χ1n) is 11.0. The first-order valence-corrected chi connectivity index (χ1v) is 11.0. The van der Waals surface area contributed by atoms with Crippen LogP contribution < -0.4 is 5.32 Å². The molecule has 7 nitrogen and oxygen atoms in total. The Bertz CT molecular complexity index is 1440. The van der Waals surface area contributed by atoms with Gasteiger partial charge in [-0.1, -0.05) is 6.92 Å². The molecule has 35 heavy (non-hydrogen) atoms. The highest BCUT2D eigenvalue weighted by Gasteiger charge is 2.30. The Morgan fingerprint density at radius 2 is 1.91 bits per heavy atom. The van der Waals surface area contributed by atoms with Crippen LogP contribution in [0.25, 0.3) is 22.5 Å². The van der Waals surface area contributed by atoms with E-state index in [9.17, 15) is 18.0 Å². The lowest BCUT2D eigenvalue weighted by Gasteiger charge is -2.34. The molecule has 1 N–H and O–H groups in total. The van der Waals surface area contributed by atoms with Crippen LogP contribution in [0.2, 0.25) is 0 Å². The van der Waals surface area contributed by atoms with E-state index >= 15 is 0 Å². The van der Waals surface area contributed by atoms with E-state index < -0.39 is 23.4 Å². The molecule has 1 saturated heterocycles. The monoisotopic (exact) mass is 479 g/mol. The van der Waals surface area contributed by atoms with Gasteiger partial charge in [-0.25, -0.2) is 23.1 Å². The predicted octanol–water partition coefficient (Wildman–Crippen LogP) is 5.53. The molecule has 1 aliphatic heterocycles. The zero-order valence-corrected chi connectivity index (χ0v) is 18.6. The highest BCUT2D eigenvalue weighted by molar-refractivity contribution is 6.01. The molecule has 3 heterocycles. The van der Waals surface area contributed by atoms with Gasteiger partial charge in [0.25, 0.3) is 11.9 Å². The third-order valence-electron chi connectivity index (χ3n) is 5.87. The van der Waals surface area contributed by atoms with Gasteiger partial charge in [-0.05, 0) is 49.1 Å². The van der Waals surface area contributed by atoms with Gasteiger partial charge in [-0.3, -0.25) is 4.79 Å². The Morgan fingerprint density at radius 3 is 2.71 bits per heavy atom. The van der Waals surface area contributed by atoms with Crippen LogP contribution in [0.3, 0.4) is 0 Å². The van der Waals surface area contributed by atoms with Crippen molar-refractivity contribution in [2.75, 3.05) is 11.9 Å². The summed E-state index contributed by atoms with van der Waals surface area (Å²) in [6.45, 7) is 2.34. The van der Waals surface area contributed by atoms with Gasteiger partial charge in [0.1, 0.15) is 11.3 Å². The van der Waals surface area contributed by atoms with Gasteiger partial charge in [0.15, 0.2) is 23.0 Å². The molecular weight excluding hydrogens is 459 g/mol. The summed E-state index contributed by atoms with van der Waals surface area (Å²) < 4.78 is 47.4. The summed E-state index contributed by atoms with van der Waals surface area (Å²) in [5.41, 5.74) is 1.43. The lowest BCUT2D eigenvalue weighted by Crippen LogP contribution is -2.38. The highest BCUT2D eigenvalue weighted by Crippen LogP contribution is 2.32. The average Bonchev–Trinajstić information content (AvgIpc) is 3.26. The largest absolute Gasteiger partial charge is 0.423 e. The van der Waals surface area contributed by atoms with Crippen molar-refractivity contribution in [3.63, 3.8) is 0 Å². The molecule has 0 unspecified atom stereocenters. The van der Waals surface area contributed by atoms with Gasteiger partial charge in [0.05, 0.1) is 5.56 Å². The van der Waals surface area contributed by atoms with Crippen LogP contribution in [-0.4, -0.2) is 32.3 Å². The molecule has 1 amide bonds. The van der Waals surface area contributed by atoms with Gasteiger partial charge >= 0.3 is 0 Å². The number of aromatic nitrogens is 3. The molecule has 2 aromatic carbocycles. The lowest BCUT2D eigenvalue weighted by molar-refractivity contribution is 0.0761. The number of oxazole rings is 1. The van der Waals surface area contributed by atoms with E-state index in [-0.39, 0.29) is 28.9 Å². The van der Waals surface area contributed by atoms with E-state index in [2.05, 4.69) is 20.3 Å². The summed E-state index contributed by atoms with van der Waals surface area (Å²) in [7, 11) is 0. The Balaban J connectivity index is 1.50. The fourth-order valence-electron chi connectivity index (χ4n) is 4.13. The molecule has 178 valence electrons.